The number of anilines is 1. The van der Waals surface area contributed by atoms with Gasteiger partial charge in [0.1, 0.15) is 0 Å². The second-order valence-corrected chi connectivity index (χ2v) is 8.04. The van der Waals surface area contributed by atoms with Crippen molar-refractivity contribution in [3.63, 3.8) is 0 Å². The van der Waals surface area contributed by atoms with E-state index < -0.39 is 0 Å². The zero-order chi connectivity index (χ0) is 13.5. The fourth-order valence-electron chi connectivity index (χ4n) is 3.21. The lowest BCUT2D eigenvalue weighted by Gasteiger charge is -2.40. The van der Waals surface area contributed by atoms with Crippen LogP contribution in [0.1, 0.15) is 39.0 Å². The van der Waals surface area contributed by atoms with Gasteiger partial charge in [-0.15, -0.1) is 11.8 Å². The van der Waals surface area contributed by atoms with Gasteiger partial charge in [0, 0.05) is 10.2 Å². The first-order chi connectivity index (χ1) is 9.12. The molecule has 4 heteroatoms. The summed E-state index contributed by atoms with van der Waals surface area (Å²) in [5.41, 5.74) is 1.05. The molecule has 1 amide bonds. The first-order valence-corrected chi connectivity index (χ1v) is 8.57. The van der Waals surface area contributed by atoms with Gasteiger partial charge >= 0.3 is 0 Å². The van der Waals surface area contributed by atoms with E-state index in [0.717, 1.165) is 23.0 Å². The van der Waals surface area contributed by atoms with Gasteiger partial charge in [-0.3, -0.25) is 9.69 Å². The van der Waals surface area contributed by atoms with Crippen molar-refractivity contribution in [1.29, 1.82) is 0 Å². The van der Waals surface area contributed by atoms with Crippen molar-refractivity contribution in [2.24, 2.45) is 0 Å². The maximum absolute atomic E-state index is 12.6. The van der Waals surface area contributed by atoms with Crippen molar-refractivity contribution in [3.8, 4) is 0 Å². The topological polar surface area (TPSA) is 20.3 Å². The Bertz CT molecular complexity index is 481. The SMILES string of the molecule is C[C@@H]1SC2(CCCCC2)N(c2ccc(Br)cc2)C1=O. The van der Waals surface area contributed by atoms with Crippen LogP contribution in [0.2, 0.25) is 0 Å². The Morgan fingerprint density at radius 1 is 1.21 bits per heavy atom. The van der Waals surface area contributed by atoms with Crippen LogP contribution in [0.15, 0.2) is 28.7 Å². The van der Waals surface area contributed by atoms with Gasteiger partial charge in [-0.1, -0.05) is 35.2 Å². The van der Waals surface area contributed by atoms with Gasteiger partial charge in [0.2, 0.25) is 5.91 Å². The van der Waals surface area contributed by atoms with Gasteiger partial charge < -0.3 is 0 Å². The van der Waals surface area contributed by atoms with E-state index in [1.165, 1.54) is 19.3 Å². The number of benzene rings is 1. The fraction of sp³-hybridized carbons (Fsp3) is 0.533. The molecule has 3 rings (SSSR count). The molecule has 1 atom stereocenters. The van der Waals surface area contributed by atoms with E-state index in [-0.39, 0.29) is 16.0 Å². The smallest absolute Gasteiger partial charge is 0.241 e. The van der Waals surface area contributed by atoms with Gasteiger partial charge in [0.25, 0.3) is 0 Å². The standard InChI is InChI=1S/C15H18BrNOS/c1-11-14(18)17(13-7-5-12(16)6-8-13)15(19-11)9-3-2-4-10-15/h5-8,11H,2-4,9-10H2,1H3/t11-/m0/s1. The number of rotatable bonds is 1. The minimum Gasteiger partial charge on any atom is -0.296 e. The molecule has 1 aliphatic carbocycles. The van der Waals surface area contributed by atoms with Crippen LogP contribution in [-0.2, 0) is 4.79 Å². The van der Waals surface area contributed by atoms with Gasteiger partial charge in [-0.25, -0.2) is 0 Å². The third kappa shape index (κ3) is 2.33. The Balaban J connectivity index is 1.99. The lowest BCUT2D eigenvalue weighted by molar-refractivity contribution is -0.117. The van der Waals surface area contributed by atoms with Crippen LogP contribution in [-0.4, -0.2) is 16.0 Å². The minimum atomic E-state index is 0.0164. The van der Waals surface area contributed by atoms with Crippen molar-refractivity contribution >= 4 is 39.3 Å². The molecule has 0 N–H and O–H groups in total. The van der Waals surface area contributed by atoms with E-state index in [2.05, 4.69) is 33.0 Å². The van der Waals surface area contributed by atoms with Crippen LogP contribution in [0.4, 0.5) is 5.69 Å². The second-order valence-electron chi connectivity index (χ2n) is 5.42. The molecular formula is C15H18BrNOS. The number of hydrogen-bond donors (Lipinski definition) is 0. The van der Waals surface area contributed by atoms with E-state index in [4.69, 9.17) is 0 Å². The quantitative estimate of drug-likeness (QED) is 0.746. The largest absolute Gasteiger partial charge is 0.296 e. The van der Waals surface area contributed by atoms with Crippen molar-refractivity contribution in [2.45, 2.75) is 49.1 Å². The zero-order valence-electron chi connectivity index (χ0n) is 11.1. The molecular weight excluding hydrogens is 322 g/mol. The Morgan fingerprint density at radius 3 is 2.47 bits per heavy atom. The Kier molecular flexibility index (Phi) is 3.65. The number of nitrogens with zero attached hydrogens (tertiary/aromatic N) is 1. The fourth-order valence-corrected chi connectivity index (χ4v) is 5.17. The average molecular weight is 340 g/mol. The van der Waals surface area contributed by atoms with Crippen molar-refractivity contribution in [1.82, 2.24) is 0 Å². The van der Waals surface area contributed by atoms with Gasteiger partial charge in [-0.2, -0.15) is 0 Å². The lowest BCUT2D eigenvalue weighted by Crippen LogP contribution is -2.46. The summed E-state index contributed by atoms with van der Waals surface area (Å²) in [6, 6.07) is 8.15. The molecule has 19 heavy (non-hydrogen) atoms. The van der Waals surface area contributed by atoms with Gasteiger partial charge in [0.15, 0.2) is 0 Å². The van der Waals surface area contributed by atoms with Gasteiger partial charge in [-0.05, 0) is 44.0 Å². The van der Waals surface area contributed by atoms with E-state index in [1.807, 2.05) is 30.8 Å². The van der Waals surface area contributed by atoms with Crippen LogP contribution >= 0.6 is 27.7 Å². The first-order valence-electron chi connectivity index (χ1n) is 6.90. The summed E-state index contributed by atoms with van der Waals surface area (Å²) in [4.78, 5) is 14.7. The molecule has 0 aromatic heterocycles. The summed E-state index contributed by atoms with van der Waals surface area (Å²) in [6.07, 6.45) is 6.03. The first kappa shape index (κ1) is 13.5. The molecule has 0 radical (unpaired) electrons. The van der Waals surface area contributed by atoms with Crippen molar-refractivity contribution < 1.29 is 4.79 Å². The highest BCUT2D eigenvalue weighted by Gasteiger charge is 2.50. The zero-order valence-corrected chi connectivity index (χ0v) is 13.5. The number of halogens is 1. The van der Waals surface area contributed by atoms with Crippen molar-refractivity contribution in [2.75, 3.05) is 4.90 Å². The van der Waals surface area contributed by atoms with Crippen molar-refractivity contribution in [3.05, 3.63) is 28.7 Å². The maximum Gasteiger partial charge on any atom is 0.241 e. The summed E-state index contributed by atoms with van der Waals surface area (Å²) in [5, 5.41) is 0.0850. The van der Waals surface area contributed by atoms with Crippen LogP contribution in [0, 0.1) is 0 Å². The highest BCUT2D eigenvalue weighted by molar-refractivity contribution is 9.10. The van der Waals surface area contributed by atoms with Crippen LogP contribution < -0.4 is 4.90 Å². The Hall–Kier alpha value is -0.480. The monoisotopic (exact) mass is 339 g/mol. The molecule has 2 nitrogen and oxygen atoms in total. The summed E-state index contributed by atoms with van der Waals surface area (Å²) in [7, 11) is 0. The van der Waals surface area contributed by atoms with E-state index in [1.54, 1.807) is 0 Å². The Labute approximate surface area is 127 Å². The average Bonchev–Trinajstić information content (AvgIpc) is 2.64. The molecule has 2 fully saturated rings. The molecule has 1 heterocycles. The summed E-state index contributed by atoms with van der Waals surface area (Å²) in [6.45, 7) is 2.04. The molecule has 0 unspecified atom stereocenters. The molecule has 1 aromatic rings. The lowest BCUT2D eigenvalue weighted by atomic mass is 9.93. The van der Waals surface area contributed by atoms with E-state index >= 15 is 0 Å². The molecule has 1 saturated heterocycles. The number of hydrogen-bond acceptors (Lipinski definition) is 2. The number of carbonyl (C=O) groups is 1. The third-order valence-electron chi connectivity index (χ3n) is 4.09. The van der Waals surface area contributed by atoms with Crippen LogP contribution in [0.5, 0.6) is 0 Å². The number of carbonyl (C=O) groups excluding carboxylic acids is 1. The third-order valence-corrected chi connectivity index (χ3v) is 6.20. The van der Waals surface area contributed by atoms with E-state index in [9.17, 15) is 4.79 Å². The highest BCUT2D eigenvalue weighted by Crippen LogP contribution is 2.51. The van der Waals surface area contributed by atoms with Crippen LogP contribution in [0.25, 0.3) is 0 Å². The molecule has 1 aromatic carbocycles. The minimum absolute atomic E-state index is 0.0164. The molecule has 1 aliphatic heterocycles. The second kappa shape index (κ2) is 5.13. The highest BCUT2D eigenvalue weighted by atomic mass is 79.9. The normalized spacial score (nSPS) is 26.1. The van der Waals surface area contributed by atoms with E-state index in [0.29, 0.717) is 0 Å². The number of amides is 1. The number of thioether (sulfide) groups is 1. The summed E-state index contributed by atoms with van der Waals surface area (Å²) < 4.78 is 1.06. The molecule has 102 valence electrons. The predicted octanol–water partition coefficient (Wildman–Crippen LogP) is 4.58. The predicted molar refractivity (Wildman–Crippen MR) is 84.5 cm³/mol. The molecule has 1 spiro atoms. The Morgan fingerprint density at radius 2 is 1.84 bits per heavy atom. The van der Waals surface area contributed by atoms with Gasteiger partial charge in [0.05, 0.1) is 10.1 Å². The molecule has 1 saturated carbocycles. The summed E-state index contributed by atoms with van der Waals surface area (Å²) in [5.74, 6) is 0.272. The molecule has 0 bridgehead atoms. The summed E-state index contributed by atoms with van der Waals surface area (Å²) >= 11 is 5.33. The maximum atomic E-state index is 12.6. The molecule has 2 aliphatic rings. The van der Waals surface area contributed by atoms with Crippen LogP contribution in [0.3, 0.4) is 0 Å².